The minimum atomic E-state index is 0.0886. The van der Waals surface area contributed by atoms with Gasteiger partial charge in [-0.3, -0.25) is 4.79 Å². The van der Waals surface area contributed by atoms with E-state index in [1.165, 1.54) is 5.56 Å². The van der Waals surface area contributed by atoms with Gasteiger partial charge in [-0.1, -0.05) is 30.3 Å². The lowest BCUT2D eigenvalue weighted by Gasteiger charge is -2.24. The third-order valence-electron chi connectivity index (χ3n) is 3.97. The monoisotopic (exact) mass is 269 g/mol. The van der Waals surface area contributed by atoms with Crippen LogP contribution in [-0.4, -0.2) is 17.4 Å². The average Bonchev–Trinajstić information content (AvgIpc) is 3.05. The van der Waals surface area contributed by atoms with Crippen molar-refractivity contribution in [2.45, 2.75) is 32.7 Å². The molecule has 1 aromatic heterocycles. The molecule has 1 aliphatic heterocycles. The topological polar surface area (TPSA) is 33.5 Å². The number of rotatable bonds is 2. The molecule has 1 aliphatic rings. The molecule has 3 rings (SSSR count). The number of hydrogen-bond donors (Lipinski definition) is 0. The van der Waals surface area contributed by atoms with Crippen LogP contribution in [0.25, 0.3) is 0 Å². The minimum absolute atomic E-state index is 0.0886. The van der Waals surface area contributed by atoms with Gasteiger partial charge in [0.2, 0.25) is 0 Å². The smallest absolute Gasteiger partial charge is 0.257 e. The van der Waals surface area contributed by atoms with Gasteiger partial charge in [-0.05, 0) is 38.3 Å². The molecule has 3 nitrogen and oxygen atoms in total. The highest BCUT2D eigenvalue weighted by Gasteiger charge is 2.31. The van der Waals surface area contributed by atoms with Gasteiger partial charge in [-0.15, -0.1) is 0 Å². The summed E-state index contributed by atoms with van der Waals surface area (Å²) in [4.78, 5) is 14.7. The first-order chi connectivity index (χ1) is 9.66. The van der Waals surface area contributed by atoms with Crippen molar-refractivity contribution >= 4 is 5.91 Å². The van der Waals surface area contributed by atoms with E-state index in [2.05, 4.69) is 12.1 Å². The molecule has 0 bridgehead atoms. The molecule has 20 heavy (non-hydrogen) atoms. The highest BCUT2D eigenvalue weighted by atomic mass is 16.3. The number of amides is 1. The molecule has 1 amide bonds. The maximum atomic E-state index is 12.7. The van der Waals surface area contributed by atoms with Gasteiger partial charge in [0.25, 0.3) is 5.91 Å². The number of carbonyl (C=O) groups is 1. The van der Waals surface area contributed by atoms with Crippen LogP contribution in [0.1, 0.15) is 46.3 Å². The van der Waals surface area contributed by atoms with E-state index in [9.17, 15) is 4.79 Å². The lowest BCUT2D eigenvalue weighted by Crippen LogP contribution is -2.30. The van der Waals surface area contributed by atoms with Crippen molar-refractivity contribution in [1.82, 2.24) is 4.90 Å². The Balaban J connectivity index is 1.89. The molecule has 1 fully saturated rings. The molecule has 1 saturated heterocycles. The van der Waals surface area contributed by atoms with Crippen LogP contribution < -0.4 is 0 Å². The fourth-order valence-corrected chi connectivity index (χ4v) is 3.03. The molecule has 1 atom stereocenters. The molecular weight excluding hydrogens is 250 g/mol. The SMILES string of the molecule is Cc1cc(C(=O)N2CCCC2c2ccccc2)c(C)o1. The molecule has 3 heteroatoms. The van der Waals surface area contributed by atoms with Crippen molar-refractivity contribution in [3.63, 3.8) is 0 Å². The number of aryl methyl sites for hydroxylation is 2. The fourth-order valence-electron chi connectivity index (χ4n) is 3.03. The molecule has 2 heterocycles. The van der Waals surface area contributed by atoms with Crippen LogP contribution in [0, 0.1) is 13.8 Å². The molecule has 2 aromatic rings. The molecule has 0 radical (unpaired) electrons. The summed E-state index contributed by atoms with van der Waals surface area (Å²) in [7, 11) is 0. The van der Waals surface area contributed by atoms with E-state index in [0.29, 0.717) is 11.3 Å². The maximum absolute atomic E-state index is 12.7. The molecule has 1 aromatic carbocycles. The first kappa shape index (κ1) is 13.0. The number of likely N-dealkylation sites (tertiary alicyclic amines) is 1. The second-order valence-corrected chi connectivity index (χ2v) is 5.39. The predicted octanol–water partition coefficient (Wildman–Crippen LogP) is 3.87. The fraction of sp³-hybridized carbons (Fsp3) is 0.353. The zero-order valence-electron chi connectivity index (χ0n) is 11.9. The van der Waals surface area contributed by atoms with Crippen molar-refractivity contribution in [3.8, 4) is 0 Å². The van der Waals surface area contributed by atoms with E-state index >= 15 is 0 Å². The third-order valence-corrected chi connectivity index (χ3v) is 3.97. The Kier molecular flexibility index (Phi) is 3.35. The quantitative estimate of drug-likeness (QED) is 0.829. The van der Waals surface area contributed by atoms with E-state index in [1.807, 2.05) is 43.0 Å². The van der Waals surface area contributed by atoms with Gasteiger partial charge in [-0.25, -0.2) is 0 Å². The summed E-state index contributed by atoms with van der Waals surface area (Å²) in [6.45, 7) is 4.55. The van der Waals surface area contributed by atoms with Crippen molar-refractivity contribution < 1.29 is 9.21 Å². The van der Waals surface area contributed by atoms with Crippen LogP contribution >= 0.6 is 0 Å². The van der Waals surface area contributed by atoms with E-state index < -0.39 is 0 Å². The van der Waals surface area contributed by atoms with Gasteiger partial charge in [0, 0.05) is 6.54 Å². The zero-order chi connectivity index (χ0) is 14.1. The predicted molar refractivity (Wildman–Crippen MR) is 77.6 cm³/mol. The second-order valence-electron chi connectivity index (χ2n) is 5.39. The van der Waals surface area contributed by atoms with E-state index in [-0.39, 0.29) is 11.9 Å². The standard InChI is InChI=1S/C17H19NO2/c1-12-11-15(13(2)20-12)17(19)18-10-6-9-16(18)14-7-4-3-5-8-14/h3-5,7-8,11,16H,6,9-10H2,1-2H3. The molecule has 1 unspecified atom stereocenters. The van der Waals surface area contributed by atoms with Gasteiger partial charge in [0.1, 0.15) is 11.5 Å². The Morgan fingerprint density at radius 3 is 2.65 bits per heavy atom. The van der Waals surface area contributed by atoms with Gasteiger partial charge >= 0.3 is 0 Å². The Hall–Kier alpha value is -2.03. The van der Waals surface area contributed by atoms with Crippen LogP contribution in [0.15, 0.2) is 40.8 Å². The average molecular weight is 269 g/mol. The van der Waals surface area contributed by atoms with E-state index in [0.717, 1.165) is 25.1 Å². The Labute approximate surface area is 119 Å². The summed E-state index contributed by atoms with van der Waals surface area (Å²) >= 11 is 0. The Morgan fingerprint density at radius 1 is 1.25 bits per heavy atom. The van der Waals surface area contributed by atoms with Crippen LogP contribution in [0.4, 0.5) is 0 Å². The highest BCUT2D eigenvalue weighted by molar-refractivity contribution is 5.95. The summed E-state index contributed by atoms with van der Waals surface area (Å²) in [6, 6.07) is 12.3. The molecular formula is C17H19NO2. The number of nitrogens with zero attached hydrogens (tertiary/aromatic N) is 1. The van der Waals surface area contributed by atoms with Gasteiger partial charge in [0.05, 0.1) is 11.6 Å². The van der Waals surface area contributed by atoms with Crippen molar-refractivity contribution in [3.05, 3.63) is 59.0 Å². The van der Waals surface area contributed by atoms with E-state index in [1.54, 1.807) is 0 Å². The number of hydrogen-bond acceptors (Lipinski definition) is 2. The van der Waals surface area contributed by atoms with Crippen LogP contribution in [0.5, 0.6) is 0 Å². The summed E-state index contributed by atoms with van der Waals surface area (Å²) in [5.41, 5.74) is 1.92. The number of benzene rings is 1. The van der Waals surface area contributed by atoms with Gasteiger partial charge in [-0.2, -0.15) is 0 Å². The summed E-state index contributed by atoms with van der Waals surface area (Å²) < 4.78 is 5.49. The first-order valence-corrected chi connectivity index (χ1v) is 7.10. The zero-order valence-corrected chi connectivity index (χ0v) is 11.9. The third kappa shape index (κ3) is 2.24. The number of furan rings is 1. The molecule has 0 saturated carbocycles. The highest BCUT2D eigenvalue weighted by Crippen LogP contribution is 2.33. The molecule has 104 valence electrons. The Morgan fingerprint density at radius 2 is 2.00 bits per heavy atom. The summed E-state index contributed by atoms with van der Waals surface area (Å²) in [6.07, 6.45) is 2.09. The second kappa shape index (κ2) is 5.16. The van der Waals surface area contributed by atoms with Crippen LogP contribution in [0.2, 0.25) is 0 Å². The van der Waals surface area contributed by atoms with Gasteiger partial charge < -0.3 is 9.32 Å². The lowest BCUT2D eigenvalue weighted by molar-refractivity contribution is 0.0734. The Bertz CT molecular complexity index is 615. The van der Waals surface area contributed by atoms with Crippen LogP contribution in [0.3, 0.4) is 0 Å². The molecule has 0 N–H and O–H groups in total. The van der Waals surface area contributed by atoms with E-state index in [4.69, 9.17) is 4.42 Å². The van der Waals surface area contributed by atoms with Crippen molar-refractivity contribution in [2.24, 2.45) is 0 Å². The van der Waals surface area contributed by atoms with Crippen molar-refractivity contribution in [1.29, 1.82) is 0 Å². The summed E-state index contributed by atoms with van der Waals surface area (Å²) in [5, 5.41) is 0. The lowest BCUT2D eigenvalue weighted by atomic mass is 10.0. The van der Waals surface area contributed by atoms with Gasteiger partial charge in [0.15, 0.2) is 0 Å². The first-order valence-electron chi connectivity index (χ1n) is 7.10. The number of carbonyl (C=O) groups excluding carboxylic acids is 1. The molecule has 0 spiro atoms. The van der Waals surface area contributed by atoms with Crippen molar-refractivity contribution in [2.75, 3.05) is 6.54 Å². The van der Waals surface area contributed by atoms with Crippen LogP contribution in [-0.2, 0) is 0 Å². The maximum Gasteiger partial charge on any atom is 0.257 e. The summed E-state index contributed by atoms with van der Waals surface area (Å²) in [5.74, 6) is 1.60. The normalized spacial score (nSPS) is 18.5. The largest absolute Gasteiger partial charge is 0.466 e. The molecule has 0 aliphatic carbocycles. The minimum Gasteiger partial charge on any atom is -0.466 e.